The number of benzene rings is 1. The number of hydrogen-bond donors (Lipinski definition) is 2. The van der Waals surface area contributed by atoms with Crippen molar-refractivity contribution in [2.75, 3.05) is 23.8 Å². The summed E-state index contributed by atoms with van der Waals surface area (Å²) in [6.45, 7) is 3.90. The largest absolute Gasteiger partial charge is 0.374 e. The van der Waals surface area contributed by atoms with E-state index in [-0.39, 0.29) is 29.9 Å². The maximum atomic E-state index is 13.2. The van der Waals surface area contributed by atoms with Crippen molar-refractivity contribution in [3.05, 3.63) is 23.8 Å². The molecule has 0 aromatic heterocycles. The van der Waals surface area contributed by atoms with Crippen molar-refractivity contribution >= 4 is 29.1 Å². The van der Waals surface area contributed by atoms with Crippen molar-refractivity contribution in [2.24, 2.45) is 0 Å². The molecule has 2 atom stereocenters. The number of nitrogens with one attached hydrogen (secondary N) is 2. The number of carbonyl (C=O) groups excluding carboxylic acids is 3. The first-order valence-corrected chi connectivity index (χ1v) is 9.07. The van der Waals surface area contributed by atoms with Crippen LogP contribution in [0.1, 0.15) is 49.9 Å². The van der Waals surface area contributed by atoms with E-state index in [1.807, 2.05) is 4.90 Å². The highest BCUT2D eigenvalue weighted by molar-refractivity contribution is 6.00. The zero-order chi connectivity index (χ0) is 18.7. The monoisotopic (exact) mass is 359 g/mol. The van der Waals surface area contributed by atoms with E-state index < -0.39 is 0 Å². The van der Waals surface area contributed by atoms with E-state index in [1.165, 1.54) is 13.8 Å². The smallest absolute Gasteiger partial charge is 0.254 e. The molecular weight excluding hydrogens is 334 g/mol. The number of morpholine rings is 1. The van der Waals surface area contributed by atoms with E-state index in [1.54, 1.807) is 18.2 Å². The molecule has 3 amide bonds. The molecule has 1 aromatic rings. The Balaban J connectivity index is 1.89. The molecule has 26 heavy (non-hydrogen) atoms. The van der Waals surface area contributed by atoms with Crippen LogP contribution >= 0.6 is 0 Å². The first-order valence-electron chi connectivity index (χ1n) is 9.07. The van der Waals surface area contributed by atoms with Crippen molar-refractivity contribution in [3.63, 3.8) is 0 Å². The van der Waals surface area contributed by atoms with Gasteiger partial charge >= 0.3 is 0 Å². The summed E-state index contributed by atoms with van der Waals surface area (Å²) in [7, 11) is 0. The third-order valence-electron chi connectivity index (χ3n) is 4.81. The quantitative estimate of drug-likeness (QED) is 0.867. The number of nitrogens with zero attached hydrogens (tertiary/aromatic N) is 1. The van der Waals surface area contributed by atoms with Crippen LogP contribution in [0.3, 0.4) is 0 Å². The topological polar surface area (TPSA) is 87.7 Å². The van der Waals surface area contributed by atoms with E-state index in [4.69, 9.17) is 4.74 Å². The Morgan fingerprint density at radius 2 is 1.62 bits per heavy atom. The molecule has 7 nitrogen and oxygen atoms in total. The molecule has 1 saturated carbocycles. The summed E-state index contributed by atoms with van der Waals surface area (Å²) >= 11 is 0. The maximum Gasteiger partial charge on any atom is 0.254 e. The van der Waals surface area contributed by atoms with Crippen molar-refractivity contribution in [1.82, 2.24) is 4.90 Å². The lowest BCUT2D eigenvalue weighted by molar-refractivity contribution is -0.115. The highest BCUT2D eigenvalue weighted by atomic mass is 16.5. The van der Waals surface area contributed by atoms with Gasteiger partial charge in [-0.05, 0) is 31.0 Å². The van der Waals surface area contributed by atoms with E-state index >= 15 is 0 Å². The molecule has 1 aliphatic heterocycles. The van der Waals surface area contributed by atoms with Gasteiger partial charge in [0.15, 0.2) is 0 Å². The van der Waals surface area contributed by atoms with E-state index in [2.05, 4.69) is 10.6 Å². The molecule has 1 aliphatic carbocycles. The van der Waals surface area contributed by atoms with Crippen LogP contribution in [0.5, 0.6) is 0 Å². The van der Waals surface area contributed by atoms with Crippen LogP contribution in [0, 0.1) is 0 Å². The van der Waals surface area contributed by atoms with E-state index in [9.17, 15) is 14.4 Å². The second-order valence-corrected chi connectivity index (χ2v) is 6.92. The second kappa shape index (κ2) is 7.86. The minimum Gasteiger partial charge on any atom is -0.374 e. The van der Waals surface area contributed by atoms with Gasteiger partial charge in [-0.3, -0.25) is 14.4 Å². The minimum absolute atomic E-state index is 0.0935. The van der Waals surface area contributed by atoms with Crippen molar-refractivity contribution in [3.8, 4) is 0 Å². The van der Waals surface area contributed by atoms with Crippen LogP contribution in [-0.2, 0) is 14.3 Å². The van der Waals surface area contributed by atoms with Gasteiger partial charge < -0.3 is 20.3 Å². The molecule has 140 valence electrons. The average molecular weight is 359 g/mol. The van der Waals surface area contributed by atoms with Crippen LogP contribution in [0.2, 0.25) is 0 Å². The van der Waals surface area contributed by atoms with E-state index in [0.717, 1.165) is 25.7 Å². The van der Waals surface area contributed by atoms with Gasteiger partial charge in [0.05, 0.1) is 18.8 Å². The van der Waals surface area contributed by atoms with Crippen molar-refractivity contribution < 1.29 is 19.1 Å². The first-order chi connectivity index (χ1) is 12.4. The van der Waals surface area contributed by atoms with Crippen LogP contribution < -0.4 is 10.6 Å². The standard InChI is InChI=1S/C19H25N3O4/c1-12(23)20-15-9-14(10-16(11-15)21-13(2)24)19(25)22-7-8-26-18-6-4-3-5-17(18)22/h9-11,17-18H,3-8H2,1-2H3,(H,20,23)(H,21,24)/t17-,18-/m1/s1. The Morgan fingerprint density at radius 3 is 2.23 bits per heavy atom. The molecule has 0 radical (unpaired) electrons. The van der Waals surface area contributed by atoms with Crippen LogP contribution in [-0.4, -0.2) is 47.9 Å². The summed E-state index contributed by atoms with van der Waals surface area (Å²) in [6.07, 6.45) is 4.26. The summed E-state index contributed by atoms with van der Waals surface area (Å²) in [5.41, 5.74) is 1.42. The fourth-order valence-corrected chi connectivity index (χ4v) is 3.82. The molecule has 1 aromatic carbocycles. The minimum atomic E-state index is -0.234. The molecule has 2 aliphatic rings. The van der Waals surface area contributed by atoms with Crippen LogP contribution in [0.15, 0.2) is 18.2 Å². The molecule has 0 spiro atoms. The zero-order valence-electron chi connectivity index (χ0n) is 15.2. The van der Waals surface area contributed by atoms with Crippen molar-refractivity contribution in [2.45, 2.75) is 51.7 Å². The second-order valence-electron chi connectivity index (χ2n) is 6.92. The lowest BCUT2D eigenvalue weighted by atomic mass is 9.89. The van der Waals surface area contributed by atoms with Gasteiger partial charge in [0.1, 0.15) is 0 Å². The number of rotatable bonds is 3. The summed E-state index contributed by atoms with van der Waals surface area (Å²) in [5.74, 6) is -0.562. The Labute approximate surface area is 153 Å². The molecule has 2 N–H and O–H groups in total. The third kappa shape index (κ3) is 4.22. The lowest BCUT2D eigenvalue weighted by Crippen LogP contribution is -2.54. The number of amides is 3. The molecule has 3 rings (SSSR count). The predicted molar refractivity (Wildman–Crippen MR) is 98.1 cm³/mol. The normalized spacial score (nSPS) is 22.3. The fourth-order valence-electron chi connectivity index (χ4n) is 3.82. The molecule has 7 heteroatoms. The van der Waals surface area contributed by atoms with Gasteiger partial charge in [-0.2, -0.15) is 0 Å². The lowest BCUT2D eigenvalue weighted by Gasteiger charge is -2.43. The summed E-state index contributed by atoms with van der Waals surface area (Å²) in [5, 5.41) is 5.37. The maximum absolute atomic E-state index is 13.2. The number of carbonyl (C=O) groups is 3. The predicted octanol–water partition coefficient (Wildman–Crippen LogP) is 2.39. The van der Waals surface area contributed by atoms with Crippen LogP contribution in [0.25, 0.3) is 0 Å². The van der Waals surface area contributed by atoms with Gasteiger partial charge in [-0.15, -0.1) is 0 Å². The Morgan fingerprint density at radius 1 is 1.00 bits per heavy atom. The number of anilines is 2. The SMILES string of the molecule is CC(=O)Nc1cc(NC(C)=O)cc(C(=O)N2CCO[C@@H]3CCCC[C@H]32)c1. The fraction of sp³-hybridized carbons (Fsp3) is 0.526. The average Bonchev–Trinajstić information content (AvgIpc) is 2.59. The summed E-state index contributed by atoms with van der Waals surface area (Å²) in [6, 6.07) is 5.05. The number of hydrogen-bond acceptors (Lipinski definition) is 4. The van der Waals surface area contributed by atoms with Gasteiger partial charge in [0.25, 0.3) is 5.91 Å². The van der Waals surface area contributed by atoms with Gasteiger partial charge in [0, 0.05) is 37.3 Å². The van der Waals surface area contributed by atoms with Crippen LogP contribution in [0.4, 0.5) is 11.4 Å². The Hall–Kier alpha value is -2.41. The Kier molecular flexibility index (Phi) is 5.56. The van der Waals surface area contributed by atoms with E-state index in [0.29, 0.717) is 30.1 Å². The summed E-state index contributed by atoms with van der Waals surface area (Å²) in [4.78, 5) is 37.9. The molecular formula is C19H25N3O4. The van der Waals surface area contributed by atoms with Gasteiger partial charge in [-0.25, -0.2) is 0 Å². The number of fused-ring (bicyclic) bond motifs is 1. The molecule has 0 unspecified atom stereocenters. The highest BCUT2D eigenvalue weighted by Crippen LogP contribution is 2.30. The third-order valence-corrected chi connectivity index (χ3v) is 4.81. The van der Waals surface area contributed by atoms with Gasteiger partial charge in [0.2, 0.25) is 11.8 Å². The zero-order valence-corrected chi connectivity index (χ0v) is 15.2. The first kappa shape index (κ1) is 18.4. The number of ether oxygens (including phenoxy) is 1. The van der Waals surface area contributed by atoms with Gasteiger partial charge in [-0.1, -0.05) is 12.8 Å². The summed E-state index contributed by atoms with van der Waals surface area (Å²) < 4.78 is 5.84. The molecule has 1 saturated heterocycles. The highest BCUT2D eigenvalue weighted by Gasteiger charge is 2.37. The molecule has 0 bridgehead atoms. The Bertz CT molecular complexity index is 682. The molecule has 2 fully saturated rings. The molecule has 1 heterocycles. The van der Waals surface area contributed by atoms with Crippen molar-refractivity contribution in [1.29, 1.82) is 0 Å².